The van der Waals surface area contributed by atoms with Gasteiger partial charge in [0.2, 0.25) is 15.7 Å². The third kappa shape index (κ3) is 3.43. The molecule has 0 radical (unpaired) electrons. The van der Waals surface area contributed by atoms with Gasteiger partial charge < -0.3 is 4.90 Å². The minimum atomic E-state index is -3.50. The summed E-state index contributed by atoms with van der Waals surface area (Å²) < 4.78 is 25.0. The zero-order valence-corrected chi connectivity index (χ0v) is 14.1. The molecule has 1 heterocycles. The molecule has 0 spiro atoms. The number of thiol groups is 1. The molecule has 0 aromatic heterocycles. The van der Waals surface area contributed by atoms with Gasteiger partial charge in [-0.3, -0.25) is 4.79 Å². The van der Waals surface area contributed by atoms with Gasteiger partial charge in [0.1, 0.15) is 0 Å². The first-order valence-corrected chi connectivity index (χ1v) is 9.32. The summed E-state index contributed by atoms with van der Waals surface area (Å²) in [5.41, 5.74) is 0.910. The van der Waals surface area contributed by atoms with Crippen LogP contribution in [0, 0.1) is 0 Å². The fourth-order valence-electron chi connectivity index (χ4n) is 2.63. The molecule has 2 aromatic carbocycles. The number of likely N-dealkylation sites (tertiary alicyclic amines) is 1. The molecule has 1 fully saturated rings. The van der Waals surface area contributed by atoms with Crippen LogP contribution in [0.15, 0.2) is 64.4 Å². The average molecular weight is 347 g/mol. The molecule has 1 aliphatic heterocycles. The van der Waals surface area contributed by atoms with Crippen LogP contribution in [-0.4, -0.2) is 31.0 Å². The van der Waals surface area contributed by atoms with Crippen LogP contribution in [0.4, 0.5) is 0 Å². The summed E-state index contributed by atoms with van der Waals surface area (Å²) in [5, 5.41) is 0.0835. The molecule has 1 aliphatic rings. The Balaban J connectivity index is 1.79. The lowest BCUT2D eigenvalue weighted by Gasteiger charge is -2.16. The van der Waals surface area contributed by atoms with Gasteiger partial charge in [-0.25, -0.2) is 8.42 Å². The van der Waals surface area contributed by atoms with Gasteiger partial charge in [0.15, 0.2) is 0 Å². The Morgan fingerprint density at radius 2 is 1.61 bits per heavy atom. The Bertz CT molecular complexity index is 801. The molecule has 1 amide bonds. The fraction of sp³-hybridized carbons (Fsp3) is 0.235. The lowest BCUT2D eigenvalue weighted by molar-refractivity contribution is -0.128. The van der Waals surface area contributed by atoms with E-state index in [0.717, 1.165) is 5.56 Å². The molecule has 1 unspecified atom stereocenters. The average Bonchev–Trinajstić information content (AvgIpc) is 2.86. The standard InChI is InChI=1S/C17H17NO3S2/c19-17-10-14(22)12-18(17)11-13-6-8-16(9-7-13)23(20,21)15-4-2-1-3-5-15/h1-9,14,22H,10-12H2. The highest BCUT2D eigenvalue weighted by Gasteiger charge is 2.27. The molecule has 0 N–H and O–H groups in total. The lowest BCUT2D eigenvalue weighted by Crippen LogP contribution is -2.24. The van der Waals surface area contributed by atoms with Crippen LogP contribution in [0.25, 0.3) is 0 Å². The van der Waals surface area contributed by atoms with Gasteiger partial charge in [0, 0.05) is 24.8 Å². The molecular weight excluding hydrogens is 330 g/mol. The van der Waals surface area contributed by atoms with Crippen LogP contribution in [-0.2, 0) is 21.2 Å². The van der Waals surface area contributed by atoms with Gasteiger partial charge in [0.25, 0.3) is 0 Å². The zero-order chi connectivity index (χ0) is 16.4. The summed E-state index contributed by atoms with van der Waals surface area (Å²) in [6, 6.07) is 15.1. The smallest absolute Gasteiger partial charge is 0.224 e. The maximum atomic E-state index is 12.5. The highest BCUT2D eigenvalue weighted by Crippen LogP contribution is 2.22. The van der Waals surface area contributed by atoms with Gasteiger partial charge >= 0.3 is 0 Å². The van der Waals surface area contributed by atoms with Crippen LogP contribution >= 0.6 is 12.6 Å². The summed E-state index contributed by atoms with van der Waals surface area (Å²) in [4.78, 5) is 14.1. The Morgan fingerprint density at radius 3 is 2.17 bits per heavy atom. The van der Waals surface area contributed by atoms with Gasteiger partial charge in [-0.05, 0) is 29.8 Å². The van der Waals surface area contributed by atoms with Crippen molar-refractivity contribution in [3.8, 4) is 0 Å². The number of nitrogens with zero attached hydrogens (tertiary/aromatic N) is 1. The topological polar surface area (TPSA) is 54.5 Å². The minimum absolute atomic E-state index is 0.0835. The summed E-state index contributed by atoms with van der Waals surface area (Å²) >= 11 is 4.33. The highest BCUT2D eigenvalue weighted by molar-refractivity contribution is 7.91. The number of hydrogen-bond donors (Lipinski definition) is 1. The van der Waals surface area contributed by atoms with Crippen LogP contribution in [0.3, 0.4) is 0 Å². The number of carbonyl (C=O) groups excluding carboxylic acids is 1. The lowest BCUT2D eigenvalue weighted by atomic mass is 10.2. The second-order valence-corrected chi connectivity index (χ2v) is 8.27. The number of amides is 1. The van der Waals surface area contributed by atoms with E-state index >= 15 is 0 Å². The van der Waals surface area contributed by atoms with Crippen LogP contribution < -0.4 is 0 Å². The molecule has 1 atom stereocenters. The summed E-state index contributed by atoms with van der Waals surface area (Å²) in [6.07, 6.45) is 0.462. The Kier molecular flexibility index (Phi) is 4.46. The normalized spacial score (nSPS) is 18.4. The van der Waals surface area contributed by atoms with Crippen LogP contribution in [0.5, 0.6) is 0 Å². The third-order valence-electron chi connectivity index (χ3n) is 3.85. The van der Waals surface area contributed by atoms with Crippen molar-refractivity contribution in [3.05, 3.63) is 60.2 Å². The van der Waals surface area contributed by atoms with Crippen molar-refractivity contribution >= 4 is 28.4 Å². The van der Waals surface area contributed by atoms with Crippen LogP contribution in [0.1, 0.15) is 12.0 Å². The van der Waals surface area contributed by atoms with Gasteiger partial charge in [-0.1, -0.05) is 30.3 Å². The van der Waals surface area contributed by atoms with Gasteiger partial charge in [-0.15, -0.1) is 0 Å². The minimum Gasteiger partial charge on any atom is -0.337 e. The molecule has 23 heavy (non-hydrogen) atoms. The summed E-state index contributed by atoms with van der Waals surface area (Å²) in [5.74, 6) is 0.0889. The van der Waals surface area contributed by atoms with E-state index in [1.807, 2.05) is 0 Å². The molecule has 0 saturated carbocycles. The number of sulfone groups is 1. The van der Waals surface area contributed by atoms with Gasteiger partial charge in [-0.2, -0.15) is 12.6 Å². The number of carbonyl (C=O) groups is 1. The second kappa shape index (κ2) is 6.37. The quantitative estimate of drug-likeness (QED) is 0.865. The molecular formula is C17H17NO3S2. The molecule has 120 valence electrons. The third-order valence-corrected chi connectivity index (χ3v) is 5.99. The zero-order valence-electron chi connectivity index (χ0n) is 12.4. The molecule has 2 aromatic rings. The molecule has 0 bridgehead atoms. The van der Waals surface area contributed by atoms with E-state index in [9.17, 15) is 13.2 Å². The highest BCUT2D eigenvalue weighted by atomic mass is 32.2. The summed E-state index contributed by atoms with van der Waals surface area (Å²) in [7, 11) is -3.50. The number of rotatable bonds is 4. The van der Waals surface area contributed by atoms with Crippen molar-refractivity contribution in [1.82, 2.24) is 4.90 Å². The van der Waals surface area contributed by atoms with E-state index in [-0.39, 0.29) is 20.9 Å². The first kappa shape index (κ1) is 16.1. The van der Waals surface area contributed by atoms with E-state index in [1.54, 1.807) is 59.5 Å². The molecule has 1 saturated heterocycles. The molecule has 4 nitrogen and oxygen atoms in total. The van der Waals surface area contributed by atoms with Gasteiger partial charge in [0.05, 0.1) is 9.79 Å². The van der Waals surface area contributed by atoms with Crippen molar-refractivity contribution in [2.45, 2.75) is 28.0 Å². The van der Waals surface area contributed by atoms with E-state index in [2.05, 4.69) is 12.6 Å². The number of benzene rings is 2. The van der Waals surface area contributed by atoms with E-state index in [0.29, 0.717) is 19.5 Å². The molecule has 0 aliphatic carbocycles. The number of hydrogen-bond acceptors (Lipinski definition) is 4. The monoisotopic (exact) mass is 347 g/mol. The molecule has 6 heteroatoms. The Morgan fingerprint density at radius 1 is 1.00 bits per heavy atom. The molecule has 3 rings (SSSR count). The SMILES string of the molecule is O=C1CC(S)CN1Cc1ccc(S(=O)(=O)c2ccccc2)cc1. The predicted molar refractivity (Wildman–Crippen MR) is 91.1 cm³/mol. The van der Waals surface area contributed by atoms with Crippen LogP contribution in [0.2, 0.25) is 0 Å². The summed E-state index contributed by atoms with van der Waals surface area (Å²) in [6.45, 7) is 1.12. The van der Waals surface area contributed by atoms with Crippen molar-refractivity contribution in [2.75, 3.05) is 6.54 Å². The first-order chi connectivity index (χ1) is 11.0. The van der Waals surface area contributed by atoms with E-state index in [4.69, 9.17) is 0 Å². The van der Waals surface area contributed by atoms with Crippen molar-refractivity contribution in [3.63, 3.8) is 0 Å². The van der Waals surface area contributed by atoms with Crippen molar-refractivity contribution in [1.29, 1.82) is 0 Å². The predicted octanol–water partition coefficient (Wildman–Crippen LogP) is 2.55. The van der Waals surface area contributed by atoms with E-state index in [1.165, 1.54) is 0 Å². The largest absolute Gasteiger partial charge is 0.337 e. The van der Waals surface area contributed by atoms with Crippen molar-refractivity contribution in [2.24, 2.45) is 0 Å². The fourth-order valence-corrected chi connectivity index (χ4v) is 4.27. The van der Waals surface area contributed by atoms with Crippen molar-refractivity contribution < 1.29 is 13.2 Å². The van der Waals surface area contributed by atoms with E-state index < -0.39 is 9.84 Å². The second-order valence-electron chi connectivity index (χ2n) is 5.59. The Hall–Kier alpha value is -1.79. The first-order valence-electron chi connectivity index (χ1n) is 7.32. The Labute approximate surface area is 141 Å². The maximum absolute atomic E-state index is 12.5. The maximum Gasteiger partial charge on any atom is 0.224 e.